The summed E-state index contributed by atoms with van der Waals surface area (Å²) in [5, 5.41) is 0. The van der Waals surface area contributed by atoms with Gasteiger partial charge in [0.15, 0.2) is 12.0 Å². The second kappa shape index (κ2) is 4.55. The lowest BCUT2D eigenvalue weighted by molar-refractivity contribution is 0.601. The van der Waals surface area contributed by atoms with Crippen LogP contribution in [0.1, 0.15) is 17.3 Å². The molecule has 0 aliphatic heterocycles. The summed E-state index contributed by atoms with van der Waals surface area (Å²) in [6, 6.07) is 5.88. The highest BCUT2D eigenvalue weighted by Gasteiger charge is 2.16. The molecule has 0 aliphatic carbocycles. The molecule has 2 aromatic heterocycles. The molecule has 1 atom stereocenters. The lowest BCUT2D eigenvalue weighted by Gasteiger charge is -2.12. The van der Waals surface area contributed by atoms with Crippen LogP contribution < -0.4 is 5.73 Å². The number of hydrogen-bond acceptors (Lipinski definition) is 4. The Bertz CT molecular complexity index is 675. The van der Waals surface area contributed by atoms with Crippen LogP contribution in [-0.2, 0) is 0 Å². The fraction of sp³-hybridized carbons (Fsp3) is 0.167. The van der Waals surface area contributed by atoms with E-state index in [0.717, 1.165) is 27.1 Å². The van der Waals surface area contributed by atoms with Crippen molar-refractivity contribution in [1.82, 2.24) is 15.0 Å². The van der Waals surface area contributed by atoms with Crippen LogP contribution in [0.15, 0.2) is 39.8 Å². The zero-order valence-electron chi connectivity index (χ0n) is 9.43. The number of fused-ring (bicyclic) bond motifs is 1. The summed E-state index contributed by atoms with van der Waals surface area (Å²) in [4.78, 5) is 11.5. The number of nitrogens with two attached hydrogens (primary N) is 1. The largest absolute Gasteiger partial charge is 0.443 e. The van der Waals surface area contributed by atoms with Gasteiger partial charge in [0.1, 0.15) is 15.9 Å². The fourth-order valence-electron chi connectivity index (χ4n) is 1.98. The van der Waals surface area contributed by atoms with Gasteiger partial charge in [-0.25, -0.2) is 9.97 Å². The van der Waals surface area contributed by atoms with Crippen LogP contribution in [0.3, 0.4) is 0 Å². The SMILES string of the molecule is NCC(c1ccc2ncoc2c1)c1ncc(Br)[nH]1. The highest BCUT2D eigenvalue weighted by molar-refractivity contribution is 9.10. The van der Waals surface area contributed by atoms with Gasteiger partial charge in [0.2, 0.25) is 0 Å². The maximum Gasteiger partial charge on any atom is 0.181 e. The number of benzene rings is 1. The predicted octanol–water partition coefficient (Wildman–Crippen LogP) is 2.40. The average Bonchev–Trinajstić information content (AvgIpc) is 2.99. The number of halogens is 1. The first kappa shape index (κ1) is 11.4. The lowest BCUT2D eigenvalue weighted by atomic mass is 9.98. The third-order valence-corrected chi connectivity index (χ3v) is 3.29. The van der Waals surface area contributed by atoms with Gasteiger partial charge in [-0.05, 0) is 33.6 Å². The van der Waals surface area contributed by atoms with Crippen molar-refractivity contribution in [3.05, 3.63) is 46.8 Å². The summed E-state index contributed by atoms with van der Waals surface area (Å²) < 4.78 is 6.15. The van der Waals surface area contributed by atoms with Crippen LogP contribution in [-0.4, -0.2) is 21.5 Å². The van der Waals surface area contributed by atoms with E-state index in [1.807, 2.05) is 18.2 Å². The van der Waals surface area contributed by atoms with Crippen LogP contribution in [0.25, 0.3) is 11.1 Å². The van der Waals surface area contributed by atoms with Gasteiger partial charge in [0.05, 0.1) is 12.1 Å². The lowest BCUT2D eigenvalue weighted by Crippen LogP contribution is -2.15. The maximum atomic E-state index is 5.84. The van der Waals surface area contributed by atoms with Gasteiger partial charge in [-0.2, -0.15) is 0 Å². The Kier molecular flexibility index (Phi) is 2.89. The topological polar surface area (TPSA) is 80.7 Å². The van der Waals surface area contributed by atoms with E-state index in [-0.39, 0.29) is 5.92 Å². The minimum atomic E-state index is 0.0193. The van der Waals surface area contributed by atoms with Gasteiger partial charge in [-0.3, -0.25) is 0 Å². The van der Waals surface area contributed by atoms with Crippen molar-refractivity contribution < 1.29 is 4.42 Å². The van der Waals surface area contributed by atoms with E-state index in [4.69, 9.17) is 10.2 Å². The van der Waals surface area contributed by atoms with E-state index < -0.39 is 0 Å². The average molecular weight is 307 g/mol. The Labute approximate surface area is 112 Å². The zero-order valence-corrected chi connectivity index (χ0v) is 11.0. The van der Waals surface area contributed by atoms with Crippen molar-refractivity contribution in [2.75, 3.05) is 6.54 Å². The van der Waals surface area contributed by atoms with Crippen molar-refractivity contribution in [3.8, 4) is 0 Å². The van der Waals surface area contributed by atoms with Crippen molar-refractivity contribution in [2.24, 2.45) is 5.73 Å². The molecule has 0 spiro atoms. The Hall–Kier alpha value is -1.66. The molecule has 3 aromatic rings. The van der Waals surface area contributed by atoms with Crippen molar-refractivity contribution in [1.29, 1.82) is 0 Å². The van der Waals surface area contributed by atoms with Gasteiger partial charge in [-0.15, -0.1) is 0 Å². The molecule has 5 nitrogen and oxygen atoms in total. The number of hydrogen-bond donors (Lipinski definition) is 2. The molecule has 3 rings (SSSR count). The number of nitrogens with one attached hydrogen (secondary N) is 1. The molecular formula is C12H11BrN4O. The molecule has 0 fully saturated rings. The third kappa shape index (κ3) is 1.93. The van der Waals surface area contributed by atoms with Crippen molar-refractivity contribution >= 4 is 27.0 Å². The van der Waals surface area contributed by atoms with E-state index in [2.05, 4.69) is 30.9 Å². The number of H-pyrrole nitrogens is 1. The second-order valence-electron chi connectivity index (χ2n) is 3.98. The molecule has 1 unspecified atom stereocenters. The van der Waals surface area contributed by atoms with Gasteiger partial charge >= 0.3 is 0 Å². The number of aromatic amines is 1. The first-order valence-corrected chi connectivity index (χ1v) is 6.31. The van der Waals surface area contributed by atoms with Crippen LogP contribution in [0, 0.1) is 0 Å². The summed E-state index contributed by atoms with van der Waals surface area (Å²) in [5.74, 6) is 0.856. The quantitative estimate of drug-likeness (QED) is 0.778. The van der Waals surface area contributed by atoms with Gasteiger partial charge in [-0.1, -0.05) is 6.07 Å². The molecule has 0 saturated carbocycles. The highest BCUT2D eigenvalue weighted by atomic mass is 79.9. The third-order valence-electron chi connectivity index (χ3n) is 2.89. The number of rotatable bonds is 3. The normalized spacial score (nSPS) is 13.0. The first-order chi connectivity index (χ1) is 8.78. The molecule has 0 amide bonds. The van der Waals surface area contributed by atoms with E-state index in [1.165, 1.54) is 6.39 Å². The predicted molar refractivity (Wildman–Crippen MR) is 71.2 cm³/mol. The van der Waals surface area contributed by atoms with Crippen molar-refractivity contribution in [2.45, 2.75) is 5.92 Å². The second-order valence-corrected chi connectivity index (χ2v) is 4.84. The summed E-state index contributed by atoms with van der Waals surface area (Å²) in [5.41, 5.74) is 8.51. The minimum absolute atomic E-state index is 0.0193. The summed E-state index contributed by atoms with van der Waals surface area (Å²) in [6.45, 7) is 0.472. The van der Waals surface area contributed by atoms with Gasteiger partial charge in [0, 0.05) is 6.54 Å². The maximum absolute atomic E-state index is 5.84. The molecular weight excluding hydrogens is 296 g/mol. The minimum Gasteiger partial charge on any atom is -0.443 e. The van der Waals surface area contributed by atoms with E-state index in [9.17, 15) is 0 Å². The van der Waals surface area contributed by atoms with E-state index >= 15 is 0 Å². The van der Waals surface area contributed by atoms with Crippen LogP contribution in [0.4, 0.5) is 0 Å². The van der Waals surface area contributed by atoms with Crippen molar-refractivity contribution in [3.63, 3.8) is 0 Å². The Morgan fingerprint density at radius 2 is 2.28 bits per heavy atom. The Balaban J connectivity index is 2.04. The molecule has 92 valence electrons. The summed E-state index contributed by atoms with van der Waals surface area (Å²) in [6.07, 6.45) is 3.17. The van der Waals surface area contributed by atoms with Gasteiger partial charge in [0.25, 0.3) is 0 Å². The monoisotopic (exact) mass is 306 g/mol. The number of imidazole rings is 1. The Morgan fingerprint density at radius 3 is 3.00 bits per heavy atom. The summed E-state index contributed by atoms with van der Waals surface area (Å²) in [7, 11) is 0. The molecule has 0 saturated heterocycles. The van der Waals surface area contributed by atoms with Crippen LogP contribution in [0.2, 0.25) is 0 Å². The molecule has 0 bridgehead atoms. The zero-order chi connectivity index (χ0) is 12.5. The van der Waals surface area contributed by atoms with Crippen LogP contribution >= 0.6 is 15.9 Å². The molecule has 0 aliphatic rings. The molecule has 18 heavy (non-hydrogen) atoms. The van der Waals surface area contributed by atoms with Gasteiger partial charge < -0.3 is 15.1 Å². The number of oxazole rings is 1. The molecule has 3 N–H and O–H groups in total. The Morgan fingerprint density at radius 1 is 1.39 bits per heavy atom. The van der Waals surface area contributed by atoms with E-state index in [1.54, 1.807) is 6.20 Å². The fourth-order valence-corrected chi connectivity index (χ4v) is 2.29. The van der Waals surface area contributed by atoms with E-state index in [0.29, 0.717) is 6.54 Å². The highest BCUT2D eigenvalue weighted by Crippen LogP contribution is 2.25. The molecule has 0 radical (unpaired) electrons. The molecule has 1 aromatic carbocycles. The molecule has 2 heterocycles. The summed E-state index contributed by atoms with van der Waals surface area (Å²) >= 11 is 3.35. The number of aromatic nitrogens is 3. The number of nitrogens with zero attached hydrogens (tertiary/aromatic N) is 2. The smallest absolute Gasteiger partial charge is 0.181 e. The standard InChI is InChI=1S/C12H11BrN4O/c13-11-5-15-12(17-11)8(4-14)7-1-2-9-10(3-7)18-6-16-9/h1-3,5-6,8H,4,14H2,(H,15,17). The first-order valence-electron chi connectivity index (χ1n) is 5.51. The molecule has 6 heteroatoms. The van der Waals surface area contributed by atoms with Crippen LogP contribution in [0.5, 0.6) is 0 Å².